The van der Waals surface area contributed by atoms with Crippen LogP contribution >= 0.6 is 0 Å². The van der Waals surface area contributed by atoms with Crippen LogP contribution in [-0.4, -0.2) is 67.3 Å². The van der Waals surface area contributed by atoms with E-state index in [-0.39, 0.29) is 5.54 Å². The van der Waals surface area contributed by atoms with E-state index in [1.54, 1.807) is 0 Å². The molecule has 0 aromatic rings. The van der Waals surface area contributed by atoms with Gasteiger partial charge in [-0.1, -0.05) is 0 Å². The van der Waals surface area contributed by atoms with Crippen LogP contribution in [-0.2, 0) is 4.74 Å². The van der Waals surface area contributed by atoms with E-state index in [2.05, 4.69) is 9.80 Å². The van der Waals surface area contributed by atoms with Gasteiger partial charge in [0.25, 0.3) is 0 Å². The molecule has 2 aliphatic heterocycles. The molecule has 0 spiro atoms. The van der Waals surface area contributed by atoms with E-state index in [4.69, 9.17) is 10.5 Å². The highest BCUT2D eigenvalue weighted by atomic mass is 16.5. The molecule has 3 rings (SSSR count). The second kappa shape index (κ2) is 4.84. The van der Waals surface area contributed by atoms with Crippen molar-refractivity contribution >= 4 is 0 Å². The summed E-state index contributed by atoms with van der Waals surface area (Å²) < 4.78 is 5.40. The van der Waals surface area contributed by atoms with Crippen molar-refractivity contribution in [2.24, 2.45) is 5.73 Å². The van der Waals surface area contributed by atoms with E-state index in [1.165, 1.54) is 39.0 Å². The highest BCUT2D eigenvalue weighted by Gasteiger charge is 2.34. The largest absolute Gasteiger partial charge is 0.381 e. The maximum atomic E-state index is 6.46. The van der Waals surface area contributed by atoms with Gasteiger partial charge in [0.15, 0.2) is 0 Å². The van der Waals surface area contributed by atoms with E-state index in [9.17, 15) is 0 Å². The lowest BCUT2D eigenvalue weighted by Crippen LogP contribution is -2.57. The van der Waals surface area contributed by atoms with Crippen molar-refractivity contribution in [2.75, 3.05) is 45.9 Å². The molecule has 0 aromatic carbocycles. The monoisotopic (exact) mass is 239 g/mol. The fraction of sp³-hybridized carbons (Fsp3) is 1.00. The average molecular weight is 239 g/mol. The first-order chi connectivity index (χ1) is 8.25. The maximum absolute atomic E-state index is 6.46. The Hall–Kier alpha value is -0.160. The number of nitrogens with zero attached hydrogens (tertiary/aromatic N) is 2. The predicted octanol–water partition coefficient (Wildman–Crippen LogP) is 0.274. The van der Waals surface area contributed by atoms with Crippen molar-refractivity contribution in [2.45, 2.75) is 37.3 Å². The van der Waals surface area contributed by atoms with Crippen LogP contribution in [0.2, 0.25) is 0 Å². The molecule has 0 radical (unpaired) electrons. The summed E-state index contributed by atoms with van der Waals surface area (Å²) in [5.74, 6) is 0. The molecule has 4 nitrogen and oxygen atoms in total. The zero-order chi connectivity index (χ0) is 11.7. The van der Waals surface area contributed by atoms with Crippen LogP contribution in [0.5, 0.6) is 0 Å². The van der Waals surface area contributed by atoms with Crippen molar-refractivity contribution < 1.29 is 4.74 Å². The van der Waals surface area contributed by atoms with Gasteiger partial charge in [-0.25, -0.2) is 0 Å². The second-order valence-electron chi connectivity index (χ2n) is 6.02. The van der Waals surface area contributed by atoms with Crippen molar-refractivity contribution in [3.05, 3.63) is 0 Å². The van der Waals surface area contributed by atoms with Crippen molar-refractivity contribution in [1.29, 1.82) is 0 Å². The van der Waals surface area contributed by atoms with E-state index in [1.807, 2.05) is 0 Å². The third-order valence-electron chi connectivity index (χ3n) is 4.50. The molecule has 0 bridgehead atoms. The molecule has 0 amide bonds. The fourth-order valence-corrected chi connectivity index (χ4v) is 3.11. The van der Waals surface area contributed by atoms with Gasteiger partial charge >= 0.3 is 0 Å². The lowest BCUT2D eigenvalue weighted by Gasteiger charge is -2.41. The summed E-state index contributed by atoms with van der Waals surface area (Å²) in [5, 5.41) is 0. The first-order valence-electron chi connectivity index (χ1n) is 7.08. The van der Waals surface area contributed by atoms with Crippen LogP contribution in [0.3, 0.4) is 0 Å². The molecule has 3 fully saturated rings. The van der Waals surface area contributed by atoms with Gasteiger partial charge in [-0.15, -0.1) is 0 Å². The minimum absolute atomic E-state index is 0.0139. The molecular formula is C13H25N3O. The molecule has 1 saturated carbocycles. The Balaban J connectivity index is 1.46. The fourth-order valence-electron chi connectivity index (χ4n) is 3.11. The van der Waals surface area contributed by atoms with E-state index in [0.29, 0.717) is 0 Å². The van der Waals surface area contributed by atoms with Gasteiger partial charge < -0.3 is 10.5 Å². The molecule has 0 atom stereocenters. The summed E-state index contributed by atoms with van der Waals surface area (Å²) in [4.78, 5) is 5.22. The van der Waals surface area contributed by atoms with E-state index < -0.39 is 0 Å². The molecule has 0 aromatic heterocycles. The van der Waals surface area contributed by atoms with Crippen LogP contribution in [0.1, 0.15) is 25.7 Å². The Morgan fingerprint density at radius 2 is 1.71 bits per heavy atom. The second-order valence-corrected chi connectivity index (χ2v) is 6.02. The van der Waals surface area contributed by atoms with Crippen molar-refractivity contribution in [3.8, 4) is 0 Å². The van der Waals surface area contributed by atoms with Crippen LogP contribution in [0.15, 0.2) is 0 Å². The van der Waals surface area contributed by atoms with E-state index in [0.717, 1.165) is 38.6 Å². The molecular weight excluding hydrogens is 214 g/mol. The summed E-state index contributed by atoms with van der Waals surface area (Å²) in [5.41, 5.74) is 6.48. The highest BCUT2D eigenvalue weighted by Crippen LogP contribution is 2.28. The number of hydrogen-bond donors (Lipinski definition) is 1. The van der Waals surface area contributed by atoms with Gasteiger partial charge in [-0.2, -0.15) is 0 Å². The van der Waals surface area contributed by atoms with Crippen LogP contribution in [0.4, 0.5) is 0 Å². The van der Waals surface area contributed by atoms with Gasteiger partial charge in [0.1, 0.15) is 0 Å². The van der Waals surface area contributed by atoms with Crippen LogP contribution in [0, 0.1) is 0 Å². The molecule has 4 heteroatoms. The summed E-state index contributed by atoms with van der Waals surface area (Å²) in [6.07, 6.45) is 4.90. The summed E-state index contributed by atoms with van der Waals surface area (Å²) >= 11 is 0. The Kier molecular flexibility index (Phi) is 3.39. The maximum Gasteiger partial charge on any atom is 0.0484 e. The molecule has 3 aliphatic rings. The smallest absolute Gasteiger partial charge is 0.0484 e. The molecule has 2 saturated heterocycles. The minimum atomic E-state index is 0.0139. The van der Waals surface area contributed by atoms with Gasteiger partial charge in [-0.05, 0) is 25.7 Å². The molecule has 17 heavy (non-hydrogen) atoms. The first kappa shape index (κ1) is 11.9. The van der Waals surface area contributed by atoms with Crippen molar-refractivity contribution in [3.63, 3.8) is 0 Å². The predicted molar refractivity (Wildman–Crippen MR) is 68.0 cm³/mol. The minimum Gasteiger partial charge on any atom is -0.381 e. The number of ether oxygens (including phenoxy) is 1. The van der Waals surface area contributed by atoms with E-state index >= 15 is 0 Å². The quantitative estimate of drug-likeness (QED) is 0.768. The number of piperazine rings is 1. The standard InChI is InChI=1S/C13H25N3O/c14-13(3-9-17-10-4-13)11-15-5-7-16(8-6-15)12-1-2-12/h12H,1-11,14H2. The molecule has 98 valence electrons. The lowest BCUT2D eigenvalue weighted by molar-refractivity contribution is 0.0274. The summed E-state index contributed by atoms with van der Waals surface area (Å²) in [6, 6.07) is 0.923. The first-order valence-corrected chi connectivity index (χ1v) is 7.08. The zero-order valence-electron chi connectivity index (χ0n) is 10.7. The van der Waals surface area contributed by atoms with Gasteiger partial charge in [0, 0.05) is 57.5 Å². The topological polar surface area (TPSA) is 41.7 Å². The van der Waals surface area contributed by atoms with Crippen molar-refractivity contribution in [1.82, 2.24) is 9.80 Å². The van der Waals surface area contributed by atoms with Gasteiger partial charge in [-0.3, -0.25) is 9.80 Å². The summed E-state index contributed by atoms with van der Waals surface area (Å²) in [6.45, 7) is 7.66. The molecule has 2 N–H and O–H groups in total. The zero-order valence-corrected chi connectivity index (χ0v) is 10.7. The normalized spacial score (nSPS) is 31.6. The van der Waals surface area contributed by atoms with Crippen LogP contribution < -0.4 is 5.73 Å². The highest BCUT2D eigenvalue weighted by molar-refractivity contribution is 4.93. The molecule has 1 aliphatic carbocycles. The number of rotatable bonds is 3. The molecule has 2 heterocycles. The third-order valence-corrected chi connectivity index (χ3v) is 4.50. The van der Waals surface area contributed by atoms with Gasteiger partial charge in [0.2, 0.25) is 0 Å². The Morgan fingerprint density at radius 3 is 2.29 bits per heavy atom. The average Bonchev–Trinajstić information content (AvgIpc) is 3.14. The Labute approximate surface area is 104 Å². The molecule has 0 unspecified atom stereocenters. The Morgan fingerprint density at radius 1 is 1.06 bits per heavy atom. The SMILES string of the molecule is NC1(CN2CCN(C3CC3)CC2)CCOCC1. The Bertz CT molecular complexity index is 253. The number of hydrogen-bond acceptors (Lipinski definition) is 4. The lowest BCUT2D eigenvalue weighted by atomic mass is 9.90. The summed E-state index contributed by atoms with van der Waals surface area (Å²) in [7, 11) is 0. The van der Waals surface area contributed by atoms with Crippen LogP contribution in [0.25, 0.3) is 0 Å². The third kappa shape index (κ3) is 2.99. The van der Waals surface area contributed by atoms with Gasteiger partial charge in [0.05, 0.1) is 0 Å². The number of nitrogens with two attached hydrogens (primary N) is 1.